The third kappa shape index (κ3) is 3.64. The van der Waals surface area contributed by atoms with Crippen LogP contribution in [0, 0.1) is 6.92 Å². The van der Waals surface area contributed by atoms with Crippen LogP contribution in [0.3, 0.4) is 0 Å². The molecule has 0 radical (unpaired) electrons. The highest BCUT2D eigenvalue weighted by Crippen LogP contribution is 2.35. The van der Waals surface area contributed by atoms with Gasteiger partial charge in [-0.3, -0.25) is 4.79 Å². The van der Waals surface area contributed by atoms with E-state index in [0.717, 1.165) is 28.9 Å². The number of aromatic nitrogens is 5. The minimum atomic E-state index is -0.442. The summed E-state index contributed by atoms with van der Waals surface area (Å²) in [6, 6.07) is 15.5. The highest BCUT2D eigenvalue weighted by Gasteiger charge is 2.35. The highest BCUT2D eigenvalue weighted by molar-refractivity contribution is 5.82. The van der Waals surface area contributed by atoms with E-state index in [1.807, 2.05) is 60.3 Å². The van der Waals surface area contributed by atoms with Gasteiger partial charge in [-0.05, 0) is 31.0 Å². The highest BCUT2D eigenvalue weighted by atomic mass is 16.5. The third-order valence-corrected chi connectivity index (χ3v) is 5.89. The molecule has 4 aromatic rings. The number of carbonyl (C=O) groups excluding carboxylic acids is 1. The van der Waals surface area contributed by atoms with Gasteiger partial charge in [0.05, 0.1) is 31.0 Å². The second-order valence-electron chi connectivity index (χ2n) is 7.93. The van der Waals surface area contributed by atoms with E-state index >= 15 is 0 Å². The Morgan fingerprint density at radius 1 is 1.12 bits per heavy atom. The minimum absolute atomic E-state index is 0.0371. The molecule has 1 N–H and O–H groups in total. The number of nitrogens with zero attached hydrogens (tertiary/aromatic N) is 5. The second-order valence-corrected chi connectivity index (χ2v) is 7.93. The summed E-state index contributed by atoms with van der Waals surface area (Å²) in [5.74, 6) is 0.706. The quantitative estimate of drug-likeness (QED) is 0.527. The molecule has 162 valence electrons. The summed E-state index contributed by atoms with van der Waals surface area (Å²) >= 11 is 0. The molecule has 1 saturated heterocycles. The van der Waals surface area contributed by atoms with Crippen molar-refractivity contribution in [1.29, 1.82) is 0 Å². The molecule has 0 aliphatic carbocycles. The van der Waals surface area contributed by atoms with Crippen molar-refractivity contribution in [3.63, 3.8) is 0 Å². The molecular weight excluding hydrogens is 404 g/mol. The Morgan fingerprint density at radius 3 is 2.72 bits per heavy atom. The number of aryl methyl sites for hydroxylation is 1. The van der Waals surface area contributed by atoms with Crippen LogP contribution >= 0.6 is 0 Å². The number of hydrogen-bond donors (Lipinski definition) is 1. The van der Waals surface area contributed by atoms with Crippen molar-refractivity contribution in [3.8, 4) is 22.7 Å². The van der Waals surface area contributed by atoms with Gasteiger partial charge in [0, 0.05) is 24.2 Å². The molecule has 0 saturated carbocycles. The molecule has 2 unspecified atom stereocenters. The van der Waals surface area contributed by atoms with Crippen LogP contribution in [0.5, 0.6) is 5.75 Å². The predicted octanol–water partition coefficient (Wildman–Crippen LogP) is 3.29. The summed E-state index contributed by atoms with van der Waals surface area (Å²) in [4.78, 5) is 17.1. The van der Waals surface area contributed by atoms with E-state index in [-0.39, 0.29) is 11.8 Å². The standard InChI is InChI=1S/C24H24N6O2/c1-16-13-29(15-26-16)21-9-8-18(12-22(21)32-2)20-14-30(28-27-20)23-19(10-11-25-24(23)31)17-6-4-3-5-7-17/h3-9,12-15,19,23H,10-11H2,1-2H3,(H,25,31). The van der Waals surface area contributed by atoms with Gasteiger partial charge in [0.1, 0.15) is 17.5 Å². The summed E-state index contributed by atoms with van der Waals surface area (Å²) in [5.41, 5.74) is 4.49. The van der Waals surface area contributed by atoms with E-state index in [4.69, 9.17) is 4.74 Å². The molecule has 8 nitrogen and oxygen atoms in total. The molecule has 1 amide bonds. The maximum absolute atomic E-state index is 12.8. The topological polar surface area (TPSA) is 86.9 Å². The summed E-state index contributed by atoms with van der Waals surface area (Å²) < 4.78 is 9.22. The molecule has 2 aromatic heterocycles. The Balaban J connectivity index is 1.48. The van der Waals surface area contributed by atoms with Gasteiger partial charge in [-0.2, -0.15) is 0 Å². The van der Waals surface area contributed by atoms with Crippen LogP contribution in [0.2, 0.25) is 0 Å². The maximum atomic E-state index is 12.8. The van der Waals surface area contributed by atoms with Gasteiger partial charge in [0.25, 0.3) is 0 Å². The van der Waals surface area contributed by atoms with Gasteiger partial charge in [-0.1, -0.05) is 41.6 Å². The first-order valence-corrected chi connectivity index (χ1v) is 10.6. The lowest BCUT2D eigenvalue weighted by Gasteiger charge is -2.31. The summed E-state index contributed by atoms with van der Waals surface area (Å²) in [5, 5.41) is 11.7. The first-order chi connectivity index (χ1) is 15.6. The van der Waals surface area contributed by atoms with Crippen molar-refractivity contribution in [2.24, 2.45) is 0 Å². The van der Waals surface area contributed by atoms with Crippen molar-refractivity contribution < 1.29 is 9.53 Å². The molecule has 32 heavy (non-hydrogen) atoms. The predicted molar refractivity (Wildman–Crippen MR) is 120 cm³/mol. The van der Waals surface area contributed by atoms with Crippen LogP contribution in [0.1, 0.15) is 29.6 Å². The monoisotopic (exact) mass is 428 g/mol. The minimum Gasteiger partial charge on any atom is -0.495 e. The fourth-order valence-corrected chi connectivity index (χ4v) is 4.30. The van der Waals surface area contributed by atoms with Gasteiger partial charge < -0.3 is 14.6 Å². The number of nitrogens with one attached hydrogen (secondary N) is 1. The summed E-state index contributed by atoms with van der Waals surface area (Å²) in [7, 11) is 1.64. The lowest BCUT2D eigenvalue weighted by molar-refractivity contribution is -0.126. The van der Waals surface area contributed by atoms with Gasteiger partial charge in [0.15, 0.2) is 0 Å². The number of ether oxygens (including phenoxy) is 1. The molecule has 0 spiro atoms. The molecule has 1 aliphatic rings. The number of piperidine rings is 1. The fraction of sp³-hybridized carbons (Fsp3) is 0.250. The number of rotatable bonds is 5. The molecule has 1 aliphatic heterocycles. The van der Waals surface area contributed by atoms with Crippen LogP contribution in [0.15, 0.2) is 67.3 Å². The van der Waals surface area contributed by atoms with Crippen LogP contribution in [0.25, 0.3) is 16.9 Å². The van der Waals surface area contributed by atoms with Crippen molar-refractivity contribution in [2.75, 3.05) is 13.7 Å². The Kier molecular flexibility index (Phi) is 5.18. The average Bonchev–Trinajstić information content (AvgIpc) is 3.48. The lowest BCUT2D eigenvalue weighted by atomic mass is 9.85. The number of methoxy groups -OCH3 is 1. The number of carbonyl (C=O) groups is 1. The van der Waals surface area contributed by atoms with Crippen LogP contribution in [0.4, 0.5) is 0 Å². The van der Waals surface area contributed by atoms with E-state index in [1.165, 1.54) is 0 Å². The lowest BCUT2D eigenvalue weighted by Crippen LogP contribution is -2.42. The number of benzene rings is 2. The zero-order chi connectivity index (χ0) is 22.1. The third-order valence-electron chi connectivity index (χ3n) is 5.89. The Hall–Kier alpha value is -3.94. The molecule has 2 atom stereocenters. The maximum Gasteiger partial charge on any atom is 0.245 e. The fourth-order valence-electron chi connectivity index (χ4n) is 4.30. The van der Waals surface area contributed by atoms with Crippen molar-refractivity contribution in [2.45, 2.75) is 25.3 Å². The van der Waals surface area contributed by atoms with Crippen LogP contribution in [-0.4, -0.2) is 44.1 Å². The van der Waals surface area contributed by atoms with E-state index in [0.29, 0.717) is 18.0 Å². The first kappa shape index (κ1) is 20.0. The van der Waals surface area contributed by atoms with E-state index < -0.39 is 6.04 Å². The van der Waals surface area contributed by atoms with E-state index in [9.17, 15) is 4.79 Å². The van der Waals surface area contributed by atoms with Crippen LogP contribution < -0.4 is 10.1 Å². The number of imidazole rings is 1. The molecule has 0 bridgehead atoms. The molecular formula is C24H24N6O2. The molecule has 5 rings (SSSR count). The molecule has 2 aromatic carbocycles. The largest absolute Gasteiger partial charge is 0.495 e. The Morgan fingerprint density at radius 2 is 1.97 bits per heavy atom. The zero-order valence-corrected chi connectivity index (χ0v) is 18.0. The zero-order valence-electron chi connectivity index (χ0n) is 18.0. The average molecular weight is 428 g/mol. The second kappa shape index (κ2) is 8.30. The Labute approximate surface area is 185 Å². The van der Waals surface area contributed by atoms with Crippen molar-refractivity contribution in [3.05, 3.63) is 78.5 Å². The smallest absolute Gasteiger partial charge is 0.245 e. The van der Waals surface area contributed by atoms with Crippen LogP contribution in [-0.2, 0) is 4.79 Å². The SMILES string of the molecule is COc1cc(-c2cn(C3C(=O)NCCC3c3ccccc3)nn2)ccc1-n1cnc(C)c1. The van der Waals surface area contributed by atoms with E-state index in [1.54, 1.807) is 18.1 Å². The van der Waals surface area contributed by atoms with E-state index in [2.05, 4.69) is 32.7 Å². The normalized spacial score (nSPS) is 18.4. The van der Waals surface area contributed by atoms with Gasteiger partial charge in [0.2, 0.25) is 5.91 Å². The van der Waals surface area contributed by atoms with Gasteiger partial charge in [-0.15, -0.1) is 5.10 Å². The summed E-state index contributed by atoms with van der Waals surface area (Å²) in [6.45, 7) is 2.60. The van der Waals surface area contributed by atoms with Gasteiger partial charge >= 0.3 is 0 Å². The molecule has 3 heterocycles. The number of amides is 1. The van der Waals surface area contributed by atoms with Crippen molar-refractivity contribution in [1.82, 2.24) is 29.9 Å². The molecule has 1 fully saturated rings. The van der Waals surface area contributed by atoms with Crippen molar-refractivity contribution >= 4 is 5.91 Å². The van der Waals surface area contributed by atoms with Gasteiger partial charge in [-0.25, -0.2) is 9.67 Å². The first-order valence-electron chi connectivity index (χ1n) is 10.6. The molecule has 8 heteroatoms. The number of hydrogen-bond acceptors (Lipinski definition) is 5. The Bertz CT molecular complexity index is 1250. The summed E-state index contributed by atoms with van der Waals surface area (Å²) in [6.07, 6.45) is 6.39.